The lowest BCUT2D eigenvalue weighted by Crippen LogP contribution is -1.92. The Morgan fingerprint density at radius 3 is 1.13 bits per heavy atom. The molecule has 4 heterocycles. The number of thiophene rings is 3. The first kappa shape index (κ1) is 25.5. The first-order valence-electron chi connectivity index (χ1n) is 15.0. The van der Waals surface area contributed by atoms with Gasteiger partial charge in [0.05, 0.1) is 11.4 Å². The molecule has 0 N–H and O–H groups in total. The maximum Gasteiger partial charge on any atom is 0.0730 e. The van der Waals surface area contributed by atoms with Crippen molar-refractivity contribution in [1.82, 2.24) is 4.98 Å². The number of hydrogen-bond acceptors (Lipinski definition) is 4. The van der Waals surface area contributed by atoms with E-state index in [1.165, 1.54) is 82.8 Å². The van der Waals surface area contributed by atoms with E-state index >= 15 is 0 Å². The van der Waals surface area contributed by atoms with Gasteiger partial charge < -0.3 is 0 Å². The third kappa shape index (κ3) is 3.87. The normalized spacial score (nSPS) is 12.0. The highest BCUT2D eigenvalue weighted by molar-refractivity contribution is 7.27. The van der Waals surface area contributed by atoms with Gasteiger partial charge in [-0.1, -0.05) is 109 Å². The van der Waals surface area contributed by atoms with E-state index < -0.39 is 0 Å². The minimum atomic E-state index is 1.01. The molecule has 4 aromatic heterocycles. The first-order valence-corrected chi connectivity index (χ1v) is 17.5. The van der Waals surface area contributed by atoms with E-state index in [0.717, 1.165) is 11.4 Å². The van der Waals surface area contributed by atoms with Crippen LogP contribution >= 0.6 is 34.0 Å². The largest absolute Gasteiger partial charge is 0.248 e. The zero-order valence-electron chi connectivity index (χ0n) is 24.0. The number of pyridine rings is 1. The number of fused-ring (bicyclic) bond motifs is 9. The van der Waals surface area contributed by atoms with Gasteiger partial charge in [-0.05, 0) is 41.5 Å². The van der Waals surface area contributed by atoms with Crippen molar-refractivity contribution in [2.24, 2.45) is 0 Å². The smallest absolute Gasteiger partial charge is 0.0730 e. The average molecular weight is 626 g/mol. The van der Waals surface area contributed by atoms with Crippen molar-refractivity contribution in [1.29, 1.82) is 0 Å². The van der Waals surface area contributed by atoms with Crippen molar-refractivity contribution in [3.63, 3.8) is 0 Å². The highest BCUT2D eigenvalue weighted by Crippen LogP contribution is 2.45. The highest BCUT2D eigenvalue weighted by Gasteiger charge is 2.18. The van der Waals surface area contributed by atoms with Crippen molar-refractivity contribution >= 4 is 94.5 Å². The molecule has 0 fully saturated rings. The minimum absolute atomic E-state index is 1.01. The molecule has 0 aliphatic rings. The molecular weight excluding hydrogens is 603 g/mol. The molecule has 0 saturated heterocycles. The fourth-order valence-corrected chi connectivity index (χ4v) is 10.5. The summed E-state index contributed by atoms with van der Waals surface area (Å²) in [6.07, 6.45) is 0. The van der Waals surface area contributed by atoms with Crippen molar-refractivity contribution < 1.29 is 0 Å². The summed E-state index contributed by atoms with van der Waals surface area (Å²) in [6.45, 7) is 0. The molecule has 0 saturated carbocycles. The van der Waals surface area contributed by atoms with Crippen molar-refractivity contribution in [3.8, 4) is 33.6 Å². The Bertz CT molecular complexity index is 2460. The molecule has 0 radical (unpaired) electrons. The Morgan fingerprint density at radius 1 is 0.333 bits per heavy atom. The zero-order valence-corrected chi connectivity index (χ0v) is 26.4. The summed E-state index contributed by atoms with van der Waals surface area (Å²) in [5.41, 5.74) is 6.84. The van der Waals surface area contributed by atoms with Crippen LogP contribution in [0, 0.1) is 0 Å². The van der Waals surface area contributed by atoms with Crippen LogP contribution in [0.4, 0.5) is 0 Å². The summed E-state index contributed by atoms with van der Waals surface area (Å²) in [5.74, 6) is 0. The Hall–Kier alpha value is -4.87. The van der Waals surface area contributed by atoms with E-state index in [0.29, 0.717) is 0 Å². The maximum absolute atomic E-state index is 5.48. The lowest BCUT2D eigenvalue weighted by Gasteiger charge is -2.12. The predicted octanol–water partition coefficient (Wildman–Crippen LogP) is 13.2. The minimum Gasteiger partial charge on any atom is -0.248 e. The molecular formula is C41H23NS3. The molecule has 0 unspecified atom stereocenters. The van der Waals surface area contributed by atoms with Gasteiger partial charge in [0.2, 0.25) is 0 Å². The van der Waals surface area contributed by atoms with Crippen LogP contribution in [0.5, 0.6) is 0 Å². The van der Waals surface area contributed by atoms with Crippen molar-refractivity contribution in [2.45, 2.75) is 0 Å². The fourth-order valence-electron chi connectivity index (χ4n) is 6.83. The molecule has 0 spiro atoms. The van der Waals surface area contributed by atoms with Gasteiger partial charge in [-0.15, -0.1) is 34.0 Å². The molecule has 0 aliphatic heterocycles. The molecule has 0 atom stereocenters. The van der Waals surface area contributed by atoms with E-state index in [2.05, 4.69) is 140 Å². The summed E-state index contributed by atoms with van der Waals surface area (Å²) in [5, 5.41) is 7.83. The van der Waals surface area contributed by atoms with Crippen LogP contribution in [0.1, 0.15) is 0 Å². The predicted molar refractivity (Wildman–Crippen MR) is 199 cm³/mol. The number of aromatic nitrogens is 1. The van der Waals surface area contributed by atoms with Crippen LogP contribution in [0.25, 0.3) is 94.2 Å². The average Bonchev–Trinajstić information content (AvgIpc) is 3.79. The van der Waals surface area contributed by atoms with Crippen LogP contribution in [0.2, 0.25) is 0 Å². The second-order valence-electron chi connectivity index (χ2n) is 11.5. The number of rotatable bonds is 3. The Kier molecular flexibility index (Phi) is 5.55. The summed E-state index contributed by atoms with van der Waals surface area (Å²) >= 11 is 5.60. The van der Waals surface area contributed by atoms with E-state index in [9.17, 15) is 0 Å². The molecule has 45 heavy (non-hydrogen) atoms. The van der Waals surface area contributed by atoms with Crippen LogP contribution in [-0.2, 0) is 0 Å². The molecule has 0 aliphatic carbocycles. The number of nitrogens with zero attached hydrogens (tertiary/aromatic N) is 1. The third-order valence-corrected chi connectivity index (χ3v) is 12.6. The number of hydrogen-bond donors (Lipinski definition) is 0. The zero-order chi connectivity index (χ0) is 29.5. The summed E-state index contributed by atoms with van der Waals surface area (Å²) in [6, 6.07) is 50.9. The summed E-state index contributed by atoms with van der Waals surface area (Å²) in [4.78, 5) is 5.48. The monoisotopic (exact) mass is 625 g/mol. The van der Waals surface area contributed by atoms with Crippen molar-refractivity contribution in [3.05, 3.63) is 140 Å². The molecule has 1 nitrogen and oxygen atoms in total. The molecule has 4 heteroatoms. The van der Waals surface area contributed by atoms with Gasteiger partial charge in [0, 0.05) is 71.6 Å². The second-order valence-corrected chi connectivity index (χ2v) is 14.6. The Labute approximate surface area is 271 Å². The van der Waals surface area contributed by atoms with E-state index in [1.807, 2.05) is 34.0 Å². The van der Waals surface area contributed by atoms with Crippen molar-refractivity contribution in [2.75, 3.05) is 0 Å². The maximum atomic E-state index is 5.48. The molecule has 0 amide bonds. The molecule has 10 rings (SSSR count). The van der Waals surface area contributed by atoms with Gasteiger partial charge in [-0.25, -0.2) is 4.98 Å². The van der Waals surface area contributed by atoms with Gasteiger partial charge >= 0.3 is 0 Å². The number of benzene rings is 6. The van der Waals surface area contributed by atoms with E-state index in [-0.39, 0.29) is 0 Å². The molecule has 0 bridgehead atoms. The lowest BCUT2D eigenvalue weighted by atomic mass is 9.97. The van der Waals surface area contributed by atoms with Crippen LogP contribution < -0.4 is 0 Å². The first-order chi connectivity index (χ1) is 22.3. The molecule has 6 aromatic carbocycles. The van der Waals surface area contributed by atoms with Gasteiger partial charge in [-0.2, -0.15) is 0 Å². The highest BCUT2D eigenvalue weighted by atomic mass is 32.1. The molecule has 210 valence electrons. The van der Waals surface area contributed by atoms with Crippen LogP contribution in [0.15, 0.2) is 140 Å². The fraction of sp³-hybridized carbons (Fsp3) is 0. The van der Waals surface area contributed by atoms with Gasteiger partial charge in [0.15, 0.2) is 0 Å². The second kappa shape index (κ2) is 9.82. The quantitative estimate of drug-likeness (QED) is 0.190. The SMILES string of the molecule is c1ccc2c(c1)sc1c(-c3cc(-c4cccc5c4sc4ccccc45)nc(-c4cccc5c4sc4ccccc45)c3)cccc12. The Balaban J connectivity index is 1.29. The summed E-state index contributed by atoms with van der Waals surface area (Å²) < 4.78 is 7.83. The van der Waals surface area contributed by atoms with Gasteiger partial charge in [0.1, 0.15) is 0 Å². The lowest BCUT2D eigenvalue weighted by molar-refractivity contribution is 1.34. The third-order valence-electron chi connectivity index (χ3n) is 8.90. The van der Waals surface area contributed by atoms with E-state index in [1.54, 1.807) is 0 Å². The van der Waals surface area contributed by atoms with Gasteiger partial charge in [-0.3, -0.25) is 0 Å². The Morgan fingerprint density at radius 2 is 0.689 bits per heavy atom. The van der Waals surface area contributed by atoms with E-state index in [4.69, 9.17) is 4.98 Å². The summed E-state index contributed by atoms with van der Waals surface area (Å²) in [7, 11) is 0. The van der Waals surface area contributed by atoms with Gasteiger partial charge in [0.25, 0.3) is 0 Å². The standard InChI is InChI=1S/C41H23NS3/c1-4-19-36-26(10-1)29-14-7-13-25(39(29)43-36)24-22-34(32-17-8-15-30-27-11-2-5-20-37(27)44-40(30)32)42-35(23-24)33-18-9-16-31-28-12-3-6-21-38(28)45-41(31)33/h1-23H. The topological polar surface area (TPSA) is 12.9 Å². The van der Waals surface area contributed by atoms with Crippen LogP contribution in [0.3, 0.4) is 0 Å². The van der Waals surface area contributed by atoms with Crippen LogP contribution in [-0.4, -0.2) is 4.98 Å². The molecule has 10 aromatic rings.